The van der Waals surface area contributed by atoms with Crippen molar-refractivity contribution >= 4 is 17.7 Å². The Hall–Kier alpha value is -3.11. The molecule has 0 aliphatic heterocycles. The topological polar surface area (TPSA) is 72.7 Å². The summed E-state index contributed by atoms with van der Waals surface area (Å²) in [6.45, 7) is 4.30. The Kier molecular flexibility index (Phi) is 5.89. The van der Waals surface area contributed by atoms with E-state index in [1.165, 1.54) is 17.3 Å². The lowest BCUT2D eigenvalue weighted by molar-refractivity contribution is -0.118. The van der Waals surface area contributed by atoms with E-state index < -0.39 is 0 Å². The number of pyridine rings is 1. The molecule has 0 aliphatic carbocycles. The third-order valence-corrected chi connectivity index (χ3v) is 4.77. The van der Waals surface area contributed by atoms with Crippen molar-refractivity contribution in [3.8, 4) is 29.5 Å². The molecule has 3 rings (SSSR count). The fourth-order valence-corrected chi connectivity index (χ4v) is 3.40. The maximum absolute atomic E-state index is 11.9. The molecule has 2 aromatic heterocycles. The van der Waals surface area contributed by atoms with E-state index >= 15 is 0 Å². The molecule has 2 heterocycles. The predicted molar refractivity (Wildman–Crippen MR) is 107 cm³/mol. The largest absolute Gasteiger partial charge is 0.344 e. The molecule has 0 aliphatic rings. The molecule has 1 amide bonds. The number of carbonyl (C=O) groups excluding carboxylic acids is 1. The van der Waals surface area contributed by atoms with Gasteiger partial charge in [0.05, 0.1) is 18.0 Å². The van der Waals surface area contributed by atoms with Crippen molar-refractivity contribution in [3.63, 3.8) is 0 Å². The highest BCUT2D eigenvalue weighted by atomic mass is 32.2. The molecule has 0 bridgehead atoms. The molecule has 6 nitrogen and oxygen atoms in total. The van der Waals surface area contributed by atoms with E-state index in [0.717, 1.165) is 11.3 Å². The van der Waals surface area contributed by atoms with Crippen molar-refractivity contribution in [2.24, 2.45) is 0 Å². The Morgan fingerprint density at radius 2 is 2.11 bits per heavy atom. The fourth-order valence-electron chi connectivity index (χ4n) is 2.63. The minimum absolute atomic E-state index is 0.146. The molecule has 0 unspecified atom stereocenters. The van der Waals surface area contributed by atoms with Crippen molar-refractivity contribution in [2.75, 3.05) is 12.3 Å². The lowest BCUT2D eigenvalue weighted by Gasteiger charge is -2.13. The zero-order chi connectivity index (χ0) is 19.2. The van der Waals surface area contributed by atoms with Gasteiger partial charge < -0.3 is 5.32 Å². The van der Waals surface area contributed by atoms with E-state index in [-0.39, 0.29) is 18.2 Å². The first-order valence-corrected chi connectivity index (χ1v) is 9.36. The minimum Gasteiger partial charge on any atom is -0.344 e. The summed E-state index contributed by atoms with van der Waals surface area (Å²) in [5.41, 5.74) is 3.93. The SMILES string of the molecule is C#CCNC(=O)CSc1nnc(-c2ccccn2)n1-c1ccc(C)cc1C. The van der Waals surface area contributed by atoms with Gasteiger partial charge in [0, 0.05) is 6.20 Å². The molecule has 0 saturated carbocycles. The Balaban J connectivity index is 2.00. The number of aryl methyl sites for hydroxylation is 2. The Morgan fingerprint density at radius 3 is 2.81 bits per heavy atom. The number of nitrogens with zero attached hydrogens (tertiary/aromatic N) is 4. The van der Waals surface area contributed by atoms with Crippen LogP contribution < -0.4 is 5.32 Å². The maximum atomic E-state index is 11.9. The van der Waals surface area contributed by atoms with E-state index in [4.69, 9.17) is 6.42 Å². The first-order chi connectivity index (χ1) is 13.1. The number of carbonyl (C=O) groups is 1. The number of thioether (sulfide) groups is 1. The second-order valence-corrected chi connectivity index (χ2v) is 6.86. The van der Waals surface area contributed by atoms with E-state index in [0.29, 0.717) is 16.7 Å². The van der Waals surface area contributed by atoms with Crippen LogP contribution in [0.25, 0.3) is 17.2 Å². The molecule has 7 heteroatoms. The molecule has 0 fully saturated rings. The van der Waals surface area contributed by atoms with Gasteiger partial charge in [-0.2, -0.15) is 0 Å². The zero-order valence-electron chi connectivity index (χ0n) is 15.1. The lowest BCUT2D eigenvalue weighted by atomic mass is 10.1. The Morgan fingerprint density at radius 1 is 1.26 bits per heavy atom. The normalized spacial score (nSPS) is 10.4. The second kappa shape index (κ2) is 8.52. The molecular weight excluding hydrogens is 358 g/mol. The van der Waals surface area contributed by atoms with E-state index in [1.54, 1.807) is 6.20 Å². The second-order valence-electron chi connectivity index (χ2n) is 5.92. The number of amides is 1. The van der Waals surface area contributed by atoms with Crippen molar-refractivity contribution in [1.82, 2.24) is 25.1 Å². The first kappa shape index (κ1) is 18.7. The third-order valence-electron chi connectivity index (χ3n) is 3.84. The van der Waals surface area contributed by atoms with E-state index in [9.17, 15) is 4.79 Å². The number of terminal acetylenes is 1. The Labute approximate surface area is 162 Å². The molecule has 136 valence electrons. The average molecular weight is 377 g/mol. The van der Waals surface area contributed by atoms with Crippen LogP contribution in [0.4, 0.5) is 0 Å². The molecule has 0 radical (unpaired) electrons. The van der Waals surface area contributed by atoms with Crippen LogP contribution in [0.2, 0.25) is 0 Å². The molecule has 0 saturated heterocycles. The smallest absolute Gasteiger partial charge is 0.231 e. The van der Waals surface area contributed by atoms with Crippen molar-refractivity contribution in [3.05, 3.63) is 53.7 Å². The number of benzene rings is 1. The molecule has 1 aromatic carbocycles. The summed E-state index contributed by atoms with van der Waals surface area (Å²) in [4.78, 5) is 16.3. The van der Waals surface area contributed by atoms with Gasteiger partial charge in [-0.1, -0.05) is 41.4 Å². The predicted octanol–water partition coefficient (Wildman–Crippen LogP) is 2.79. The van der Waals surface area contributed by atoms with Gasteiger partial charge in [-0.05, 0) is 37.6 Å². The van der Waals surface area contributed by atoms with Crippen LogP contribution >= 0.6 is 11.8 Å². The number of nitrogens with one attached hydrogen (secondary N) is 1. The van der Waals surface area contributed by atoms with Gasteiger partial charge in [0.2, 0.25) is 5.91 Å². The number of rotatable bonds is 6. The quantitative estimate of drug-likeness (QED) is 0.528. The minimum atomic E-state index is -0.146. The van der Waals surface area contributed by atoms with Gasteiger partial charge in [-0.15, -0.1) is 16.6 Å². The lowest BCUT2D eigenvalue weighted by Crippen LogP contribution is -2.25. The highest BCUT2D eigenvalue weighted by molar-refractivity contribution is 7.99. The molecule has 0 spiro atoms. The van der Waals surface area contributed by atoms with Crippen LogP contribution in [0.5, 0.6) is 0 Å². The van der Waals surface area contributed by atoms with Crippen molar-refractivity contribution in [1.29, 1.82) is 0 Å². The summed E-state index contributed by atoms with van der Waals surface area (Å²) < 4.78 is 1.94. The summed E-state index contributed by atoms with van der Waals surface area (Å²) >= 11 is 1.31. The van der Waals surface area contributed by atoms with Gasteiger partial charge in [0.25, 0.3) is 0 Å². The van der Waals surface area contributed by atoms with E-state index in [2.05, 4.69) is 32.5 Å². The van der Waals surface area contributed by atoms with Crippen LogP contribution in [0.3, 0.4) is 0 Å². The van der Waals surface area contributed by atoms with E-state index in [1.807, 2.05) is 48.7 Å². The zero-order valence-corrected chi connectivity index (χ0v) is 16.0. The maximum Gasteiger partial charge on any atom is 0.231 e. The van der Waals surface area contributed by atoms with Gasteiger partial charge in [0.1, 0.15) is 5.69 Å². The van der Waals surface area contributed by atoms with Crippen LogP contribution in [-0.2, 0) is 4.79 Å². The molecule has 0 atom stereocenters. The highest BCUT2D eigenvalue weighted by Gasteiger charge is 2.19. The van der Waals surface area contributed by atoms with Gasteiger partial charge in [-0.25, -0.2) is 0 Å². The molecule has 27 heavy (non-hydrogen) atoms. The number of hydrogen-bond acceptors (Lipinski definition) is 5. The van der Waals surface area contributed by atoms with Crippen LogP contribution in [0.1, 0.15) is 11.1 Å². The van der Waals surface area contributed by atoms with Crippen LogP contribution in [0.15, 0.2) is 47.8 Å². The number of aromatic nitrogens is 4. The van der Waals surface area contributed by atoms with Crippen LogP contribution in [0, 0.1) is 26.2 Å². The van der Waals surface area contributed by atoms with Crippen molar-refractivity contribution < 1.29 is 4.79 Å². The first-order valence-electron chi connectivity index (χ1n) is 8.37. The Bertz CT molecular complexity index is 991. The summed E-state index contributed by atoms with van der Waals surface area (Å²) in [7, 11) is 0. The highest BCUT2D eigenvalue weighted by Crippen LogP contribution is 2.28. The van der Waals surface area contributed by atoms with Crippen LogP contribution in [-0.4, -0.2) is 38.0 Å². The molecule has 3 aromatic rings. The summed E-state index contributed by atoms with van der Waals surface area (Å²) in [5.74, 6) is 3.08. The molecule has 1 N–H and O–H groups in total. The standard InChI is InChI=1S/C20H19N5OS/c1-4-10-22-18(26)13-27-20-24-23-19(16-7-5-6-11-21-16)25(20)17-9-8-14(2)12-15(17)3/h1,5-9,11-12H,10,13H2,2-3H3,(H,22,26). The summed E-state index contributed by atoms with van der Waals surface area (Å²) in [5, 5.41) is 11.9. The molecular formula is C20H19N5OS. The van der Waals surface area contributed by atoms with Gasteiger partial charge in [-0.3, -0.25) is 14.3 Å². The fraction of sp³-hybridized carbons (Fsp3) is 0.200. The summed E-state index contributed by atoms with van der Waals surface area (Å²) in [6.07, 6.45) is 6.89. The average Bonchev–Trinajstić information content (AvgIpc) is 3.09. The monoisotopic (exact) mass is 377 g/mol. The van der Waals surface area contributed by atoms with Crippen molar-refractivity contribution in [2.45, 2.75) is 19.0 Å². The third kappa shape index (κ3) is 4.36. The summed E-state index contributed by atoms with van der Waals surface area (Å²) in [6, 6.07) is 11.8. The van der Waals surface area contributed by atoms with Gasteiger partial charge in [0.15, 0.2) is 11.0 Å². The van der Waals surface area contributed by atoms with Gasteiger partial charge >= 0.3 is 0 Å². The number of hydrogen-bond donors (Lipinski definition) is 1.